The van der Waals surface area contributed by atoms with Gasteiger partial charge in [0, 0.05) is 25.7 Å². The lowest BCUT2D eigenvalue weighted by atomic mass is 9.79. The number of benzene rings is 1. The van der Waals surface area contributed by atoms with Crippen LogP contribution in [0.25, 0.3) is 0 Å². The number of aryl methyl sites for hydroxylation is 1. The summed E-state index contributed by atoms with van der Waals surface area (Å²) in [6, 6.07) is 8.75. The summed E-state index contributed by atoms with van der Waals surface area (Å²) in [5.41, 5.74) is 8.95. The molecule has 0 spiro atoms. The van der Waals surface area contributed by atoms with Gasteiger partial charge in [-0.1, -0.05) is 29.8 Å². The first-order valence-corrected chi connectivity index (χ1v) is 7.59. The number of rotatable bonds is 5. The Labute approximate surface area is 123 Å². The van der Waals surface area contributed by atoms with E-state index < -0.39 is 0 Å². The van der Waals surface area contributed by atoms with E-state index in [0.717, 1.165) is 38.8 Å². The van der Waals surface area contributed by atoms with Gasteiger partial charge in [0.05, 0.1) is 6.10 Å². The zero-order chi connectivity index (χ0) is 14.6. The van der Waals surface area contributed by atoms with Crippen molar-refractivity contribution in [2.24, 2.45) is 5.73 Å². The second-order valence-electron chi connectivity index (χ2n) is 6.21. The first kappa shape index (κ1) is 15.5. The second kappa shape index (κ2) is 6.70. The van der Waals surface area contributed by atoms with Crippen molar-refractivity contribution < 1.29 is 4.74 Å². The largest absolute Gasteiger partial charge is 0.381 e. The fraction of sp³-hybridized carbons (Fsp3) is 0.647. The van der Waals surface area contributed by atoms with E-state index >= 15 is 0 Å². The summed E-state index contributed by atoms with van der Waals surface area (Å²) in [6.45, 7) is 3.84. The van der Waals surface area contributed by atoms with Crippen LogP contribution in [0.15, 0.2) is 24.3 Å². The Bertz CT molecular complexity index is 425. The normalized spacial score (nSPS) is 26.9. The Balaban J connectivity index is 2.04. The van der Waals surface area contributed by atoms with Crippen molar-refractivity contribution in [2.45, 2.75) is 50.8 Å². The molecule has 2 rings (SSSR count). The molecule has 0 amide bonds. The first-order chi connectivity index (χ1) is 9.59. The molecule has 1 aromatic rings. The topological polar surface area (TPSA) is 38.5 Å². The maximum Gasteiger partial charge on any atom is 0.0572 e. The zero-order valence-electron chi connectivity index (χ0n) is 13.1. The summed E-state index contributed by atoms with van der Waals surface area (Å²) >= 11 is 0. The van der Waals surface area contributed by atoms with Crippen LogP contribution in [0, 0.1) is 6.92 Å². The molecule has 0 aromatic heterocycles. The third-order valence-corrected chi connectivity index (χ3v) is 4.89. The average Bonchev–Trinajstić information content (AvgIpc) is 2.47. The van der Waals surface area contributed by atoms with Gasteiger partial charge in [-0.2, -0.15) is 0 Å². The average molecular weight is 276 g/mol. The van der Waals surface area contributed by atoms with E-state index in [1.807, 2.05) is 7.11 Å². The molecule has 0 heterocycles. The van der Waals surface area contributed by atoms with Crippen LogP contribution in [0.1, 0.15) is 36.8 Å². The molecule has 1 fully saturated rings. The van der Waals surface area contributed by atoms with Crippen LogP contribution in [0.4, 0.5) is 0 Å². The fourth-order valence-electron chi connectivity index (χ4n) is 3.36. The third-order valence-electron chi connectivity index (χ3n) is 4.89. The molecule has 1 saturated carbocycles. The van der Waals surface area contributed by atoms with Gasteiger partial charge in [-0.15, -0.1) is 0 Å². The molecule has 0 radical (unpaired) electrons. The first-order valence-electron chi connectivity index (χ1n) is 7.59. The molecule has 0 aliphatic heterocycles. The molecule has 112 valence electrons. The molecule has 1 aliphatic rings. The lowest BCUT2D eigenvalue weighted by molar-refractivity contribution is 0.000499. The number of nitrogens with two attached hydrogens (primary N) is 1. The van der Waals surface area contributed by atoms with Crippen molar-refractivity contribution in [1.82, 2.24) is 4.90 Å². The number of methoxy groups -OCH3 is 1. The highest BCUT2D eigenvalue weighted by Gasteiger charge is 2.37. The minimum absolute atomic E-state index is 0.138. The third kappa shape index (κ3) is 3.40. The Morgan fingerprint density at radius 3 is 2.60 bits per heavy atom. The molecule has 0 atom stereocenters. The molecule has 20 heavy (non-hydrogen) atoms. The number of nitrogens with zero attached hydrogens (tertiary/aromatic N) is 1. The van der Waals surface area contributed by atoms with Gasteiger partial charge in [0.2, 0.25) is 0 Å². The predicted octanol–water partition coefficient (Wildman–Crippen LogP) is 2.71. The molecule has 0 unspecified atom stereocenters. The number of hydrogen-bond donors (Lipinski definition) is 1. The monoisotopic (exact) mass is 276 g/mol. The van der Waals surface area contributed by atoms with Crippen LogP contribution in [0.2, 0.25) is 0 Å². The summed E-state index contributed by atoms with van der Waals surface area (Å²) in [7, 11) is 4.03. The highest BCUT2D eigenvalue weighted by atomic mass is 16.5. The molecule has 2 N–H and O–H groups in total. The summed E-state index contributed by atoms with van der Waals surface area (Å²) < 4.78 is 5.48. The molecular weight excluding hydrogens is 248 g/mol. The van der Waals surface area contributed by atoms with Crippen molar-refractivity contribution in [3.05, 3.63) is 35.4 Å². The van der Waals surface area contributed by atoms with E-state index in [-0.39, 0.29) is 5.54 Å². The summed E-state index contributed by atoms with van der Waals surface area (Å²) in [6.07, 6.45) is 4.91. The standard InChI is InChI=1S/C17H28N2O/c1-14-5-4-6-15(11-14)12-19(2)17(13-18)9-7-16(20-3)8-10-17/h4-6,11,16H,7-10,12-13,18H2,1-3H3. The molecule has 0 saturated heterocycles. The van der Waals surface area contributed by atoms with E-state index in [1.165, 1.54) is 11.1 Å². The van der Waals surface area contributed by atoms with Crippen molar-refractivity contribution in [3.8, 4) is 0 Å². The lowest BCUT2D eigenvalue weighted by Crippen LogP contribution is -2.54. The van der Waals surface area contributed by atoms with Crippen LogP contribution in [0.3, 0.4) is 0 Å². The van der Waals surface area contributed by atoms with E-state index in [4.69, 9.17) is 10.5 Å². The number of likely N-dealkylation sites (N-methyl/N-ethyl adjacent to an activating group) is 1. The van der Waals surface area contributed by atoms with Gasteiger partial charge in [-0.3, -0.25) is 4.90 Å². The van der Waals surface area contributed by atoms with Crippen LogP contribution in [-0.4, -0.2) is 37.2 Å². The van der Waals surface area contributed by atoms with Crippen LogP contribution in [-0.2, 0) is 11.3 Å². The molecule has 3 nitrogen and oxygen atoms in total. The maximum absolute atomic E-state index is 6.13. The van der Waals surface area contributed by atoms with Crippen LogP contribution in [0.5, 0.6) is 0 Å². The predicted molar refractivity (Wildman–Crippen MR) is 83.7 cm³/mol. The highest BCUT2D eigenvalue weighted by Crippen LogP contribution is 2.34. The van der Waals surface area contributed by atoms with Crippen LogP contribution >= 0.6 is 0 Å². The fourth-order valence-corrected chi connectivity index (χ4v) is 3.36. The van der Waals surface area contributed by atoms with Gasteiger partial charge in [0.15, 0.2) is 0 Å². The molecule has 1 aliphatic carbocycles. The number of hydrogen-bond acceptors (Lipinski definition) is 3. The van der Waals surface area contributed by atoms with Gasteiger partial charge in [-0.25, -0.2) is 0 Å². The highest BCUT2D eigenvalue weighted by molar-refractivity contribution is 5.22. The minimum Gasteiger partial charge on any atom is -0.381 e. The van der Waals surface area contributed by atoms with Gasteiger partial charge < -0.3 is 10.5 Å². The molecule has 1 aromatic carbocycles. The summed E-state index contributed by atoms with van der Waals surface area (Å²) in [5, 5.41) is 0. The van der Waals surface area contributed by atoms with E-state index in [9.17, 15) is 0 Å². The SMILES string of the molecule is COC1CCC(CN)(N(C)Cc2cccc(C)c2)CC1. The molecule has 0 bridgehead atoms. The van der Waals surface area contributed by atoms with Gasteiger partial charge in [-0.05, 0) is 45.2 Å². The second-order valence-corrected chi connectivity index (χ2v) is 6.21. The Hall–Kier alpha value is -0.900. The van der Waals surface area contributed by atoms with Crippen LogP contribution < -0.4 is 5.73 Å². The molecular formula is C17H28N2O. The van der Waals surface area contributed by atoms with Crippen molar-refractivity contribution in [3.63, 3.8) is 0 Å². The minimum atomic E-state index is 0.138. The van der Waals surface area contributed by atoms with Gasteiger partial charge in [0.25, 0.3) is 0 Å². The van der Waals surface area contributed by atoms with Gasteiger partial charge >= 0.3 is 0 Å². The number of ether oxygens (including phenoxy) is 1. The molecule has 3 heteroatoms. The lowest BCUT2D eigenvalue weighted by Gasteiger charge is -2.45. The van der Waals surface area contributed by atoms with Crippen molar-refractivity contribution in [1.29, 1.82) is 0 Å². The quantitative estimate of drug-likeness (QED) is 0.898. The van der Waals surface area contributed by atoms with Gasteiger partial charge in [0.1, 0.15) is 0 Å². The summed E-state index contributed by atoms with van der Waals surface area (Å²) in [5.74, 6) is 0. The zero-order valence-corrected chi connectivity index (χ0v) is 13.1. The Kier molecular flexibility index (Phi) is 5.19. The van der Waals surface area contributed by atoms with Crippen molar-refractivity contribution in [2.75, 3.05) is 20.7 Å². The summed E-state index contributed by atoms with van der Waals surface area (Å²) in [4.78, 5) is 2.45. The Morgan fingerprint density at radius 2 is 2.05 bits per heavy atom. The van der Waals surface area contributed by atoms with E-state index in [1.54, 1.807) is 0 Å². The van der Waals surface area contributed by atoms with Crippen molar-refractivity contribution >= 4 is 0 Å². The van der Waals surface area contributed by atoms with E-state index in [0.29, 0.717) is 6.10 Å². The smallest absolute Gasteiger partial charge is 0.0572 e. The van der Waals surface area contributed by atoms with E-state index in [2.05, 4.69) is 43.1 Å². The Morgan fingerprint density at radius 1 is 1.35 bits per heavy atom. The maximum atomic E-state index is 6.13.